The Bertz CT molecular complexity index is 630. The number of para-hydroxylation sites is 1. The summed E-state index contributed by atoms with van der Waals surface area (Å²) in [6.07, 6.45) is 2.71. The predicted molar refractivity (Wildman–Crippen MR) is 77.9 cm³/mol. The number of phenolic OH excluding ortho intramolecular Hbond substituents is 1. The minimum atomic E-state index is 0.0896. The summed E-state index contributed by atoms with van der Waals surface area (Å²) in [7, 11) is 0. The summed E-state index contributed by atoms with van der Waals surface area (Å²) in [6.45, 7) is 6.70. The number of benzene rings is 1. The van der Waals surface area contributed by atoms with E-state index in [0.717, 1.165) is 36.5 Å². The first-order valence-corrected chi connectivity index (χ1v) is 7.20. The molecule has 4 heteroatoms. The smallest absolute Gasteiger partial charge is 0.136 e. The number of rotatable bonds is 3. The van der Waals surface area contributed by atoms with E-state index in [1.807, 2.05) is 18.2 Å². The topological polar surface area (TPSA) is 50.9 Å². The van der Waals surface area contributed by atoms with Gasteiger partial charge in [0.25, 0.3) is 0 Å². The number of aryl methyl sites for hydroxylation is 2. The second-order valence-corrected chi connectivity index (χ2v) is 6.36. The number of fused-ring (bicyclic) bond motifs is 1. The van der Waals surface area contributed by atoms with Gasteiger partial charge in [-0.15, -0.1) is 10.2 Å². The summed E-state index contributed by atoms with van der Waals surface area (Å²) in [4.78, 5) is 0. The molecular formula is C16H21N3O. The molecule has 1 atom stereocenters. The van der Waals surface area contributed by atoms with E-state index in [1.165, 1.54) is 0 Å². The van der Waals surface area contributed by atoms with Crippen molar-refractivity contribution in [3.05, 3.63) is 41.5 Å². The largest absolute Gasteiger partial charge is 0.508 e. The number of hydrogen-bond donors (Lipinski definition) is 1. The van der Waals surface area contributed by atoms with Crippen molar-refractivity contribution < 1.29 is 5.11 Å². The number of nitrogens with zero attached hydrogens (tertiary/aromatic N) is 3. The molecule has 0 radical (unpaired) electrons. The molecule has 0 aliphatic carbocycles. The Hall–Kier alpha value is -1.84. The molecule has 4 nitrogen and oxygen atoms in total. The molecule has 0 spiro atoms. The first kappa shape index (κ1) is 13.2. The monoisotopic (exact) mass is 271 g/mol. The number of aromatic nitrogens is 3. The molecular weight excluding hydrogens is 250 g/mol. The fourth-order valence-corrected chi connectivity index (χ4v) is 3.37. The van der Waals surface area contributed by atoms with E-state index in [-0.39, 0.29) is 5.54 Å². The van der Waals surface area contributed by atoms with E-state index >= 15 is 0 Å². The Morgan fingerprint density at radius 1 is 1.25 bits per heavy atom. The van der Waals surface area contributed by atoms with Crippen LogP contribution in [0.4, 0.5) is 0 Å². The highest BCUT2D eigenvalue weighted by Crippen LogP contribution is 2.39. The summed E-state index contributed by atoms with van der Waals surface area (Å²) in [5, 5.41) is 18.6. The second kappa shape index (κ2) is 4.62. The molecule has 1 aromatic heterocycles. The fraction of sp³-hybridized carbons (Fsp3) is 0.500. The molecule has 0 amide bonds. The normalized spacial score (nSPS) is 20.1. The highest BCUT2D eigenvalue weighted by molar-refractivity contribution is 5.32. The zero-order valence-electron chi connectivity index (χ0n) is 12.3. The molecule has 0 saturated heterocycles. The van der Waals surface area contributed by atoms with Crippen molar-refractivity contribution in [3.63, 3.8) is 0 Å². The lowest BCUT2D eigenvalue weighted by Gasteiger charge is -2.22. The van der Waals surface area contributed by atoms with Gasteiger partial charge in [-0.05, 0) is 38.3 Å². The Labute approximate surface area is 119 Å². The molecule has 0 fully saturated rings. The van der Waals surface area contributed by atoms with Crippen LogP contribution in [0.15, 0.2) is 24.3 Å². The van der Waals surface area contributed by atoms with Gasteiger partial charge in [-0.2, -0.15) is 0 Å². The third kappa shape index (κ3) is 2.09. The lowest BCUT2D eigenvalue weighted by molar-refractivity contribution is 0.353. The van der Waals surface area contributed by atoms with Crippen molar-refractivity contribution in [2.75, 3.05) is 0 Å². The molecule has 1 aliphatic heterocycles. The van der Waals surface area contributed by atoms with Gasteiger partial charge >= 0.3 is 0 Å². The van der Waals surface area contributed by atoms with Gasteiger partial charge in [0.15, 0.2) is 0 Å². The lowest BCUT2D eigenvalue weighted by Crippen LogP contribution is -2.24. The first-order valence-electron chi connectivity index (χ1n) is 7.20. The average Bonchev–Trinajstić information content (AvgIpc) is 2.90. The summed E-state index contributed by atoms with van der Waals surface area (Å²) < 4.78 is 2.29. The van der Waals surface area contributed by atoms with E-state index in [1.54, 1.807) is 6.07 Å². The SMILES string of the molecule is CC1CC(C)(C)n2c(CCc3ccccc3O)nnc21. The second-order valence-electron chi connectivity index (χ2n) is 6.36. The lowest BCUT2D eigenvalue weighted by atomic mass is 9.96. The van der Waals surface area contributed by atoms with E-state index < -0.39 is 0 Å². The van der Waals surface area contributed by atoms with Crippen LogP contribution in [-0.2, 0) is 18.4 Å². The molecule has 3 rings (SSSR count). The van der Waals surface area contributed by atoms with Crippen molar-refractivity contribution in [1.82, 2.24) is 14.8 Å². The van der Waals surface area contributed by atoms with Crippen molar-refractivity contribution in [2.45, 2.75) is 51.5 Å². The molecule has 1 aliphatic rings. The molecule has 1 N–H and O–H groups in total. The zero-order chi connectivity index (χ0) is 14.3. The van der Waals surface area contributed by atoms with Gasteiger partial charge in [-0.1, -0.05) is 25.1 Å². The zero-order valence-corrected chi connectivity index (χ0v) is 12.3. The van der Waals surface area contributed by atoms with Crippen LogP contribution in [-0.4, -0.2) is 19.9 Å². The van der Waals surface area contributed by atoms with Crippen LogP contribution >= 0.6 is 0 Å². The Morgan fingerprint density at radius 3 is 2.75 bits per heavy atom. The molecule has 20 heavy (non-hydrogen) atoms. The molecule has 106 valence electrons. The van der Waals surface area contributed by atoms with E-state index in [2.05, 4.69) is 35.5 Å². The standard InChI is InChI=1S/C16H21N3O/c1-11-10-16(2,3)19-14(17-18-15(11)19)9-8-12-6-4-5-7-13(12)20/h4-7,11,20H,8-10H2,1-3H3. The molecule has 0 bridgehead atoms. The van der Waals surface area contributed by atoms with Crippen LogP contribution in [0.3, 0.4) is 0 Å². The number of aromatic hydroxyl groups is 1. The third-order valence-corrected chi connectivity index (χ3v) is 4.22. The summed E-state index contributed by atoms with van der Waals surface area (Å²) in [6, 6.07) is 7.49. The Kier molecular flexibility index (Phi) is 3.04. The van der Waals surface area contributed by atoms with Gasteiger partial charge < -0.3 is 9.67 Å². The van der Waals surface area contributed by atoms with Crippen molar-refractivity contribution in [1.29, 1.82) is 0 Å². The predicted octanol–water partition coefficient (Wildman–Crippen LogP) is 3.01. The van der Waals surface area contributed by atoms with Crippen LogP contribution in [0, 0.1) is 0 Å². The maximum atomic E-state index is 9.83. The third-order valence-electron chi connectivity index (χ3n) is 4.22. The minimum Gasteiger partial charge on any atom is -0.508 e. The van der Waals surface area contributed by atoms with Crippen molar-refractivity contribution in [3.8, 4) is 5.75 Å². The maximum Gasteiger partial charge on any atom is 0.136 e. The quantitative estimate of drug-likeness (QED) is 0.933. The number of phenols is 1. The highest BCUT2D eigenvalue weighted by Gasteiger charge is 2.37. The van der Waals surface area contributed by atoms with Crippen LogP contribution < -0.4 is 0 Å². The van der Waals surface area contributed by atoms with Crippen molar-refractivity contribution >= 4 is 0 Å². The highest BCUT2D eigenvalue weighted by atomic mass is 16.3. The average molecular weight is 271 g/mol. The first-order chi connectivity index (χ1) is 9.49. The van der Waals surface area contributed by atoms with E-state index in [0.29, 0.717) is 11.7 Å². The molecule has 2 heterocycles. The van der Waals surface area contributed by atoms with Gasteiger partial charge in [-0.3, -0.25) is 0 Å². The van der Waals surface area contributed by atoms with Crippen molar-refractivity contribution in [2.24, 2.45) is 0 Å². The van der Waals surface area contributed by atoms with Gasteiger partial charge in [0.2, 0.25) is 0 Å². The van der Waals surface area contributed by atoms with Gasteiger partial charge in [-0.25, -0.2) is 0 Å². The van der Waals surface area contributed by atoms with Gasteiger partial charge in [0.1, 0.15) is 17.4 Å². The maximum absolute atomic E-state index is 9.83. The van der Waals surface area contributed by atoms with E-state index in [4.69, 9.17) is 0 Å². The molecule has 1 aromatic carbocycles. The molecule has 0 saturated carbocycles. The van der Waals surface area contributed by atoms with E-state index in [9.17, 15) is 5.11 Å². The minimum absolute atomic E-state index is 0.0896. The van der Waals surface area contributed by atoms with Crippen LogP contribution in [0.25, 0.3) is 0 Å². The Morgan fingerprint density at radius 2 is 2.00 bits per heavy atom. The number of hydrogen-bond acceptors (Lipinski definition) is 3. The van der Waals surface area contributed by atoms with Crippen LogP contribution in [0.2, 0.25) is 0 Å². The molecule has 1 unspecified atom stereocenters. The molecule has 2 aromatic rings. The Balaban J connectivity index is 1.84. The van der Waals surface area contributed by atoms with Crippen LogP contribution in [0.5, 0.6) is 5.75 Å². The summed E-state index contributed by atoms with van der Waals surface area (Å²) >= 11 is 0. The summed E-state index contributed by atoms with van der Waals surface area (Å²) in [5.41, 5.74) is 1.06. The van der Waals surface area contributed by atoms with Crippen LogP contribution in [0.1, 0.15) is 50.3 Å². The van der Waals surface area contributed by atoms with Gasteiger partial charge in [0, 0.05) is 17.9 Å². The van der Waals surface area contributed by atoms with Gasteiger partial charge in [0.05, 0.1) is 0 Å². The fourth-order valence-electron chi connectivity index (χ4n) is 3.37. The summed E-state index contributed by atoms with van der Waals surface area (Å²) in [5.74, 6) is 2.96.